The SMILES string of the molecule is CCCNc1cc(NCC2CCN(C)CC2)ccn1. The van der Waals surface area contributed by atoms with E-state index < -0.39 is 0 Å². The molecule has 2 N–H and O–H groups in total. The highest BCUT2D eigenvalue weighted by atomic mass is 15.1. The Morgan fingerprint density at radius 2 is 2.11 bits per heavy atom. The summed E-state index contributed by atoms with van der Waals surface area (Å²) in [5.74, 6) is 1.77. The zero-order valence-corrected chi connectivity index (χ0v) is 12.2. The Labute approximate surface area is 116 Å². The van der Waals surface area contributed by atoms with Gasteiger partial charge in [-0.2, -0.15) is 0 Å². The molecular formula is C15H26N4. The van der Waals surface area contributed by atoms with Crippen molar-refractivity contribution in [1.29, 1.82) is 0 Å². The molecule has 0 unspecified atom stereocenters. The summed E-state index contributed by atoms with van der Waals surface area (Å²) in [6.07, 6.45) is 5.59. The summed E-state index contributed by atoms with van der Waals surface area (Å²) in [6.45, 7) is 6.67. The van der Waals surface area contributed by atoms with Gasteiger partial charge in [0.25, 0.3) is 0 Å². The molecule has 1 aromatic rings. The number of likely N-dealkylation sites (tertiary alicyclic amines) is 1. The molecule has 4 heteroatoms. The molecule has 1 saturated heterocycles. The van der Waals surface area contributed by atoms with Gasteiger partial charge in [0.2, 0.25) is 0 Å². The van der Waals surface area contributed by atoms with Crippen molar-refractivity contribution in [1.82, 2.24) is 9.88 Å². The normalized spacial score (nSPS) is 17.4. The Kier molecular flexibility index (Phi) is 5.45. The van der Waals surface area contributed by atoms with E-state index >= 15 is 0 Å². The van der Waals surface area contributed by atoms with Gasteiger partial charge < -0.3 is 15.5 Å². The van der Waals surface area contributed by atoms with Crippen LogP contribution in [-0.2, 0) is 0 Å². The van der Waals surface area contributed by atoms with Gasteiger partial charge in [0.1, 0.15) is 5.82 Å². The molecule has 19 heavy (non-hydrogen) atoms. The largest absolute Gasteiger partial charge is 0.385 e. The quantitative estimate of drug-likeness (QED) is 0.827. The van der Waals surface area contributed by atoms with E-state index in [2.05, 4.69) is 40.6 Å². The molecule has 0 amide bonds. The van der Waals surface area contributed by atoms with Gasteiger partial charge in [0.15, 0.2) is 0 Å². The van der Waals surface area contributed by atoms with E-state index in [1.807, 2.05) is 12.3 Å². The fourth-order valence-electron chi connectivity index (χ4n) is 2.42. The summed E-state index contributed by atoms with van der Waals surface area (Å²) < 4.78 is 0. The van der Waals surface area contributed by atoms with E-state index in [0.717, 1.165) is 31.2 Å². The molecule has 0 aliphatic carbocycles. The molecular weight excluding hydrogens is 236 g/mol. The van der Waals surface area contributed by atoms with Crippen LogP contribution in [0.1, 0.15) is 26.2 Å². The van der Waals surface area contributed by atoms with E-state index in [9.17, 15) is 0 Å². The topological polar surface area (TPSA) is 40.2 Å². The molecule has 0 radical (unpaired) electrons. The monoisotopic (exact) mass is 262 g/mol. The van der Waals surface area contributed by atoms with Crippen molar-refractivity contribution in [2.24, 2.45) is 5.92 Å². The Morgan fingerprint density at radius 3 is 2.84 bits per heavy atom. The predicted molar refractivity (Wildman–Crippen MR) is 81.7 cm³/mol. The van der Waals surface area contributed by atoms with E-state index in [-0.39, 0.29) is 0 Å². The summed E-state index contributed by atoms with van der Waals surface area (Å²) in [7, 11) is 2.21. The maximum Gasteiger partial charge on any atom is 0.127 e. The number of anilines is 2. The second-order valence-corrected chi connectivity index (χ2v) is 5.48. The van der Waals surface area contributed by atoms with E-state index in [4.69, 9.17) is 0 Å². The lowest BCUT2D eigenvalue weighted by Crippen LogP contribution is -2.32. The number of hydrogen-bond donors (Lipinski definition) is 2. The van der Waals surface area contributed by atoms with Gasteiger partial charge in [0, 0.05) is 31.0 Å². The molecule has 2 rings (SSSR count). The van der Waals surface area contributed by atoms with E-state index in [1.54, 1.807) is 0 Å². The van der Waals surface area contributed by atoms with Gasteiger partial charge in [-0.3, -0.25) is 0 Å². The highest BCUT2D eigenvalue weighted by Gasteiger charge is 2.16. The molecule has 1 fully saturated rings. The van der Waals surface area contributed by atoms with Crippen molar-refractivity contribution in [2.75, 3.05) is 43.9 Å². The Bertz CT molecular complexity index is 372. The Morgan fingerprint density at radius 1 is 1.32 bits per heavy atom. The first-order valence-electron chi connectivity index (χ1n) is 7.40. The molecule has 0 atom stereocenters. The minimum absolute atomic E-state index is 0.802. The van der Waals surface area contributed by atoms with Gasteiger partial charge in [-0.15, -0.1) is 0 Å². The third-order valence-electron chi connectivity index (χ3n) is 3.75. The number of aromatic nitrogens is 1. The van der Waals surface area contributed by atoms with Crippen molar-refractivity contribution in [3.05, 3.63) is 18.3 Å². The van der Waals surface area contributed by atoms with Gasteiger partial charge in [-0.1, -0.05) is 6.92 Å². The number of rotatable bonds is 6. The summed E-state index contributed by atoms with van der Waals surface area (Å²) in [5.41, 5.74) is 1.17. The lowest BCUT2D eigenvalue weighted by molar-refractivity contribution is 0.226. The zero-order valence-electron chi connectivity index (χ0n) is 12.2. The smallest absolute Gasteiger partial charge is 0.127 e. The van der Waals surface area contributed by atoms with Crippen molar-refractivity contribution >= 4 is 11.5 Å². The molecule has 0 aromatic carbocycles. The first kappa shape index (κ1) is 14.1. The van der Waals surface area contributed by atoms with Crippen molar-refractivity contribution in [3.63, 3.8) is 0 Å². The summed E-state index contributed by atoms with van der Waals surface area (Å²) in [4.78, 5) is 6.74. The first-order chi connectivity index (χ1) is 9.28. The van der Waals surface area contributed by atoms with E-state index in [1.165, 1.54) is 31.6 Å². The first-order valence-corrected chi connectivity index (χ1v) is 7.40. The van der Waals surface area contributed by atoms with Crippen LogP contribution in [0.4, 0.5) is 11.5 Å². The van der Waals surface area contributed by atoms with Gasteiger partial charge >= 0.3 is 0 Å². The molecule has 0 bridgehead atoms. The molecule has 1 aliphatic heterocycles. The van der Waals surface area contributed by atoms with Crippen LogP contribution in [0.2, 0.25) is 0 Å². The van der Waals surface area contributed by atoms with Crippen LogP contribution < -0.4 is 10.6 Å². The highest BCUT2D eigenvalue weighted by molar-refractivity contribution is 5.51. The van der Waals surface area contributed by atoms with Gasteiger partial charge in [0.05, 0.1) is 0 Å². The standard InChI is InChI=1S/C15H26N4/c1-3-7-16-15-11-14(4-8-17-15)18-12-13-5-9-19(2)10-6-13/h4,8,11,13H,3,5-7,9-10,12H2,1-2H3,(H2,16,17,18). The van der Waals surface area contributed by atoms with Crippen molar-refractivity contribution in [3.8, 4) is 0 Å². The van der Waals surface area contributed by atoms with Crippen molar-refractivity contribution < 1.29 is 0 Å². The lowest BCUT2D eigenvalue weighted by Gasteiger charge is -2.29. The third kappa shape index (κ3) is 4.71. The minimum Gasteiger partial charge on any atom is -0.385 e. The fraction of sp³-hybridized carbons (Fsp3) is 0.667. The second kappa shape index (κ2) is 7.34. The van der Waals surface area contributed by atoms with Crippen LogP contribution in [0.25, 0.3) is 0 Å². The maximum atomic E-state index is 4.32. The molecule has 1 aromatic heterocycles. The minimum atomic E-state index is 0.802. The molecule has 0 saturated carbocycles. The maximum absolute atomic E-state index is 4.32. The number of hydrogen-bond acceptors (Lipinski definition) is 4. The van der Waals surface area contributed by atoms with Crippen LogP contribution >= 0.6 is 0 Å². The van der Waals surface area contributed by atoms with Gasteiger partial charge in [-0.25, -0.2) is 4.98 Å². The Balaban J connectivity index is 1.78. The molecule has 4 nitrogen and oxygen atoms in total. The Hall–Kier alpha value is -1.29. The highest BCUT2D eigenvalue weighted by Crippen LogP contribution is 2.18. The zero-order chi connectivity index (χ0) is 13.5. The van der Waals surface area contributed by atoms with Crippen LogP contribution in [-0.4, -0.2) is 43.1 Å². The molecule has 0 spiro atoms. The average Bonchev–Trinajstić information content (AvgIpc) is 2.45. The van der Waals surface area contributed by atoms with Crippen LogP contribution in [0.3, 0.4) is 0 Å². The van der Waals surface area contributed by atoms with Crippen molar-refractivity contribution in [2.45, 2.75) is 26.2 Å². The summed E-state index contributed by atoms with van der Waals surface area (Å²) in [5, 5.41) is 6.87. The fourth-order valence-corrected chi connectivity index (χ4v) is 2.42. The van der Waals surface area contributed by atoms with E-state index in [0.29, 0.717) is 0 Å². The molecule has 2 heterocycles. The van der Waals surface area contributed by atoms with Gasteiger partial charge in [-0.05, 0) is 51.4 Å². The average molecular weight is 262 g/mol. The van der Waals surface area contributed by atoms with Crippen LogP contribution in [0, 0.1) is 5.92 Å². The van der Waals surface area contributed by atoms with Crippen LogP contribution in [0.5, 0.6) is 0 Å². The number of nitrogens with one attached hydrogen (secondary N) is 2. The second-order valence-electron chi connectivity index (χ2n) is 5.48. The number of nitrogens with zero attached hydrogens (tertiary/aromatic N) is 2. The third-order valence-corrected chi connectivity index (χ3v) is 3.75. The lowest BCUT2D eigenvalue weighted by atomic mass is 9.97. The summed E-state index contributed by atoms with van der Waals surface area (Å²) >= 11 is 0. The predicted octanol–water partition coefficient (Wildman–Crippen LogP) is 2.66. The number of piperidine rings is 1. The molecule has 1 aliphatic rings. The molecule has 106 valence electrons. The number of pyridine rings is 1. The van der Waals surface area contributed by atoms with Crippen LogP contribution in [0.15, 0.2) is 18.3 Å². The summed E-state index contributed by atoms with van der Waals surface area (Å²) in [6, 6.07) is 4.15.